The molecule has 0 aromatic carbocycles. The molecule has 0 bridgehead atoms. The van der Waals surface area contributed by atoms with Gasteiger partial charge in [0.1, 0.15) is 6.10 Å². The number of esters is 1. The third-order valence-electron chi connectivity index (χ3n) is 3.59. The summed E-state index contributed by atoms with van der Waals surface area (Å²) in [5.41, 5.74) is 0. The van der Waals surface area contributed by atoms with Gasteiger partial charge < -0.3 is 9.84 Å². The fourth-order valence-corrected chi connectivity index (χ4v) is 2.35. The molecule has 2 atom stereocenters. The van der Waals surface area contributed by atoms with Crippen molar-refractivity contribution in [2.24, 2.45) is 5.92 Å². The van der Waals surface area contributed by atoms with Gasteiger partial charge >= 0.3 is 11.9 Å². The van der Waals surface area contributed by atoms with Crippen LogP contribution in [-0.2, 0) is 14.3 Å². The zero-order valence-corrected chi connectivity index (χ0v) is 13.2. The molecule has 0 aliphatic rings. The zero-order valence-electron chi connectivity index (χ0n) is 13.2. The third kappa shape index (κ3) is 10.8. The molecular weight excluding hydrogens is 256 g/mol. The number of carbonyl (C=O) groups excluding carboxylic acids is 1. The van der Waals surface area contributed by atoms with E-state index in [1.807, 2.05) is 6.92 Å². The Kier molecular flexibility index (Phi) is 11.1. The lowest BCUT2D eigenvalue weighted by Crippen LogP contribution is -2.27. The van der Waals surface area contributed by atoms with Crippen molar-refractivity contribution in [1.29, 1.82) is 0 Å². The van der Waals surface area contributed by atoms with Gasteiger partial charge in [0, 0.05) is 6.92 Å². The predicted octanol–water partition coefficient (Wildman–Crippen LogP) is 4.17. The fraction of sp³-hybridized carbons (Fsp3) is 0.875. The first-order chi connectivity index (χ1) is 9.47. The minimum absolute atomic E-state index is 0.1000. The van der Waals surface area contributed by atoms with Gasteiger partial charge in [-0.2, -0.15) is 0 Å². The quantitative estimate of drug-likeness (QED) is 0.432. The van der Waals surface area contributed by atoms with Crippen LogP contribution in [0.15, 0.2) is 0 Å². The molecule has 0 spiro atoms. The molecule has 0 heterocycles. The first-order valence-corrected chi connectivity index (χ1v) is 7.86. The summed E-state index contributed by atoms with van der Waals surface area (Å²) in [5, 5.41) is 8.85. The summed E-state index contributed by atoms with van der Waals surface area (Å²) in [5.74, 6) is -1.21. The summed E-state index contributed by atoms with van der Waals surface area (Å²) in [7, 11) is 0. The number of unbranched alkanes of at least 4 members (excludes halogenated alkanes) is 6. The standard InChI is InChI=1S/C16H30O4/c1-4-5-6-7-8-9-10-11-13(2)15(12-16(18)19)20-14(3)17/h13,15H,4-12H2,1-3H3,(H,18,19). The second-order valence-electron chi connectivity index (χ2n) is 5.63. The maximum atomic E-state index is 11.0. The Morgan fingerprint density at radius 2 is 1.60 bits per heavy atom. The largest absolute Gasteiger partial charge is 0.481 e. The van der Waals surface area contributed by atoms with Crippen LogP contribution in [0.25, 0.3) is 0 Å². The summed E-state index contributed by atoms with van der Waals surface area (Å²) >= 11 is 0. The predicted molar refractivity (Wildman–Crippen MR) is 79.6 cm³/mol. The molecule has 118 valence electrons. The molecule has 0 rings (SSSR count). The number of carboxylic acids is 1. The summed E-state index contributed by atoms with van der Waals surface area (Å²) in [6.45, 7) is 5.50. The molecular formula is C16H30O4. The van der Waals surface area contributed by atoms with Crippen molar-refractivity contribution in [3.63, 3.8) is 0 Å². The molecule has 0 saturated carbocycles. The van der Waals surface area contributed by atoms with Crippen molar-refractivity contribution in [3.05, 3.63) is 0 Å². The van der Waals surface area contributed by atoms with Crippen LogP contribution in [0.3, 0.4) is 0 Å². The van der Waals surface area contributed by atoms with Gasteiger partial charge in [0.05, 0.1) is 6.42 Å². The lowest BCUT2D eigenvalue weighted by molar-refractivity contribution is -0.153. The molecule has 0 aromatic heterocycles. The second-order valence-corrected chi connectivity index (χ2v) is 5.63. The smallest absolute Gasteiger partial charge is 0.307 e. The molecule has 0 aliphatic carbocycles. The van der Waals surface area contributed by atoms with Crippen molar-refractivity contribution in [2.75, 3.05) is 0 Å². The molecule has 0 fully saturated rings. The number of carboxylic acid groups (broad SMARTS) is 1. The first kappa shape index (κ1) is 18.9. The molecule has 2 unspecified atom stereocenters. The molecule has 0 saturated heterocycles. The highest BCUT2D eigenvalue weighted by atomic mass is 16.5. The average Bonchev–Trinajstić information content (AvgIpc) is 2.35. The molecule has 4 nitrogen and oxygen atoms in total. The number of ether oxygens (including phenoxy) is 1. The molecule has 0 radical (unpaired) electrons. The van der Waals surface area contributed by atoms with Gasteiger partial charge in [-0.3, -0.25) is 9.59 Å². The van der Waals surface area contributed by atoms with Crippen molar-refractivity contribution < 1.29 is 19.4 Å². The number of carbonyl (C=O) groups is 2. The molecule has 20 heavy (non-hydrogen) atoms. The second kappa shape index (κ2) is 11.7. The summed E-state index contributed by atoms with van der Waals surface area (Å²) in [6.07, 6.45) is 8.97. The highest BCUT2D eigenvalue weighted by Crippen LogP contribution is 2.20. The Hall–Kier alpha value is -1.06. The van der Waals surface area contributed by atoms with E-state index in [0.29, 0.717) is 0 Å². The van der Waals surface area contributed by atoms with Crippen LogP contribution in [0.2, 0.25) is 0 Å². The van der Waals surface area contributed by atoms with E-state index in [0.717, 1.165) is 12.8 Å². The van der Waals surface area contributed by atoms with Gasteiger partial charge in [0.15, 0.2) is 0 Å². The Bertz CT molecular complexity index is 260. The van der Waals surface area contributed by atoms with Gasteiger partial charge in [-0.15, -0.1) is 0 Å². The summed E-state index contributed by atoms with van der Waals surface area (Å²) < 4.78 is 5.11. The number of hydrogen-bond acceptors (Lipinski definition) is 3. The fourth-order valence-electron chi connectivity index (χ4n) is 2.35. The maximum Gasteiger partial charge on any atom is 0.307 e. The van der Waals surface area contributed by atoms with Crippen LogP contribution < -0.4 is 0 Å². The van der Waals surface area contributed by atoms with Crippen LogP contribution in [0.5, 0.6) is 0 Å². The molecule has 0 aromatic rings. The van der Waals surface area contributed by atoms with E-state index < -0.39 is 18.0 Å². The van der Waals surface area contributed by atoms with E-state index in [1.54, 1.807) is 0 Å². The topological polar surface area (TPSA) is 63.6 Å². The van der Waals surface area contributed by atoms with Gasteiger partial charge in [0.2, 0.25) is 0 Å². The zero-order chi connectivity index (χ0) is 15.4. The van der Waals surface area contributed by atoms with Gasteiger partial charge in [-0.05, 0) is 12.3 Å². The Balaban J connectivity index is 3.85. The number of hydrogen-bond donors (Lipinski definition) is 1. The lowest BCUT2D eigenvalue weighted by Gasteiger charge is -2.22. The highest BCUT2D eigenvalue weighted by Gasteiger charge is 2.22. The van der Waals surface area contributed by atoms with Crippen molar-refractivity contribution in [3.8, 4) is 0 Å². The molecule has 1 N–H and O–H groups in total. The minimum atomic E-state index is -0.914. The van der Waals surface area contributed by atoms with Crippen LogP contribution in [0.1, 0.15) is 78.6 Å². The Labute approximate surface area is 122 Å². The van der Waals surface area contributed by atoms with E-state index >= 15 is 0 Å². The lowest BCUT2D eigenvalue weighted by atomic mass is 9.94. The minimum Gasteiger partial charge on any atom is -0.481 e. The Morgan fingerprint density at radius 3 is 2.10 bits per heavy atom. The van der Waals surface area contributed by atoms with Gasteiger partial charge in [-0.1, -0.05) is 58.8 Å². The van der Waals surface area contributed by atoms with E-state index in [2.05, 4.69) is 6.92 Å². The normalized spacial score (nSPS) is 13.8. The van der Waals surface area contributed by atoms with Crippen molar-refractivity contribution in [2.45, 2.75) is 84.7 Å². The monoisotopic (exact) mass is 286 g/mol. The molecule has 4 heteroatoms. The van der Waals surface area contributed by atoms with E-state index in [4.69, 9.17) is 9.84 Å². The van der Waals surface area contributed by atoms with Gasteiger partial charge in [0.25, 0.3) is 0 Å². The van der Waals surface area contributed by atoms with Crippen LogP contribution in [-0.4, -0.2) is 23.1 Å². The summed E-state index contributed by atoms with van der Waals surface area (Å²) in [4.78, 5) is 21.8. The number of aliphatic carboxylic acids is 1. The molecule has 0 aliphatic heterocycles. The molecule has 0 amide bonds. The summed E-state index contributed by atoms with van der Waals surface area (Å²) in [6, 6.07) is 0. The van der Waals surface area contributed by atoms with Crippen molar-refractivity contribution in [1.82, 2.24) is 0 Å². The van der Waals surface area contributed by atoms with Crippen molar-refractivity contribution >= 4 is 11.9 Å². The van der Waals surface area contributed by atoms with Crippen LogP contribution in [0.4, 0.5) is 0 Å². The third-order valence-corrected chi connectivity index (χ3v) is 3.59. The maximum absolute atomic E-state index is 11.0. The Morgan fingerprint density at radius 1 is 1.05 bits per heavy atom. The first-order valence-electron chi connectivity index (χ1n) is 7.86. The van der Waals surface area contributed by atoms with Crippen LogP contribution in [0, 0.1) is 5.92 Å². The number of rotatable bonds is 12. The highest BCUT2D eigenvalue weighted by molar-refractivity contribution is 5.69. The van der Waals surface area contributed by atoms with E-state index in [9.17, 15) is 9.59 Å². The van der Waals surface area contributed by atoms with Gasteiger partial charge in [-0.25, -0.2) is 0 Å². The van der Waals surface area contributed by atoms with Crippen LogP contribution >= 0.6 is 0 Å². The average molecular weight is 286 g/mol. The van der Waals surface area contributed by atoms with E-state index in [1.165, 1.54) is 45.4 Å². The van der Waals surface area contributed by atoms with E-state index in [-0.39, 0.29) is 12.3 Å². The SMILES string of the molecule is CCCCCCCCCC(C)C(CC(=O)O)OC(C)=O.